The van der Waals surface area contributed by atoms with Crippen LogP contribution < -0.4 is 29.6 Å². The normalized spacial score (nSPS) is 5.33. The molecule has 0 aliphatic heterocycles. The SMILES string of the molecule is [NH-]C(=O)C=O.[Na+]. The molecule has 0 radical (unpaired) electrons. The molecule has 0 spiro atoms. The number of nitrogens with one attached hydrogen (secondary N) is 1. The van der Waals surface area contributed by atoms with Gasteiger partial charge in [0.05, 0.1) is 0 Å². The second kappa shape index (κ2) is 5.14. The van der Waals surface area contributed by atoms with Crippen LogP contribution in [-0.2, 0) is 9.59 Å². The number of amides is 1. The van der Waals surface area contributed by atoms with Crippen LogP contribution in [0.1, 0.15) is 0 Å². The number of aldehydes is 1. The summed E-state index contributed by atoms with van der Waals surface area (Å²) in [6, 6.07) is 0. The van der Waals surface area contributed by atoms with Gasteiger partial charge >= 0.3 is 29.6 Å². The minimum atomic E-state index is -1.18. The molecular formula is C2H2NNaO2. The molecule has 1 N–H and O–H groups in total. The van der Waals surface area contributed by atoms with Crippen molar-refractivity contribution >= 4 is 12.2 Å². The summed E-state index contributed by atoms with van der Waals surface area (Å²) in [7, 11) is 0. The molecule has 0 aliphatic rings. The quantitative estimate of drug-likeness (QED) is 0.195. The summed E-state index contributed by atoms with van der Waals surface area (Å²) in [6.07, 6.45) is -0.0556. The standard InChI is InChI=1S/C2H3NO2.Na/c3-2(5)1-4;/h1H,(H2,3,5);/q;+1/p-1. The molecule has 1 amide bonds. The van der Waals surface area contributed by atoms with Crippen molar-refractivity contribution in [2.24, 2.45) is 0 Å². The maximum absolute atomic E-state index is 9.11. The average molecular weight is 95.0 g/mol. The van der Waals surface area contributed by atoms with Gasteiger partial charge in [0.1, 0.15) is 5.91 Å². The molecule has 0 fully saturated rings. The molecule has 0 saturated carbocycles. The molecule has 0 aromatic carbocycles. The van der Waals surface area contributed by atoms with Crippen molar-refractivity contribution in [2.45, 2.75) is 0 Å². The van der Waals surface area contributed by atoms with Crippen LogP contribution in [0.25, 0.3) is 5.73 Å². The second-order valence-corrected chi connectivity index (χ2v) is 0.482. The number of hydrogen-bond donors (Lipinski definition) is 0. The van der Waals surface area contributed by atoms with Crippen LogP contribution in [0, 0.1) is 0 Å². The first kappa shape index (κ1) is 9.46. The third-order valence-electron chi connectivity index (χ3n) is 0.107. The second-order valence-electron chi connectivity index (χ2n) is 0.482. The van der Waals surface area contributed by atoms with Crippen molar-refractivity contribution in [3.8, 4) is 0 Å². The van der Waals surface area contributed by atoms with E-state index in [-0.39, 0.29) is 35.8 Å². The maximum atomic E-state index is 9.11. The molecule has 0 aromatic rings. The van der Waals surface area contributed by atoms with E-state index in [0.29, 0.717) is 0 Å². The molecule has 4 heteroatoms. The van der Waals surface area contributed by atoms with E-state index in [0.717, 1.165) is 0 Å². The fraction of sp³-hybridized carbons (Fsp3) is 0. The monoisotopic (exact) mass is 95.0 g/mol. The number of carbonyl (C=O) groups excluding carboxylic acids is 2. The Balaban J connectivity index is 0. The number of rotatable bonds is 1. The van der Waals surface area contributed by atoms with Crippen LogP contribution in [0.5, 0.6) is 0 Å². The van der Waals surface area contributed by atoms with Gasteiger partial charge in [0.2, 0.25) is 0 Å². The molecular weight excluding hydrogens is 93.0 g/mol. The predicted octanol–water partition coefficient (Wildman–Crippen LogP) is -3.23. The zero-order chi connectivity index (χ0) is 4.28. The van der Waals surface area contributed by atoms with E-state index in [1.807, 2.05) is 0 Å². The summed E-state index contributed by atoms with van der Waals surface area (Å²) in [5, 5.41) is 0. The van der Waals surface area contributed by atoms with Gasteiger partial charge in [0.15, 0.2) is 6.29 Å². The van der Waals surface area contributed by atoms with Crippen LogP contribution in [0.2, 0.25) is 0 Å². The molecule has 0 rings (SSSR count). The molecule has 6 heavy (non-hydrogen) atoms. The van der Waals surface area contributed by atoms with Crippen LogP contribution >= 0.6 is 0 Å². The predicted molar refractivity (Wildman–Crippen MR) is 15.4 cm³/mol. The minimum Gasteiger partial charge on any atom is -0.661 e. The van der Waals surface area contributed by atoms with E-state index in [2.05, 4.69) is 0 Å². The van der Waals surface area contributed by atoms with Gasteiger partial charge < -0.3 is 10.5 Å². The average Bonchev–Trinajstić information content (AvgIpc) is 1.38. The van der Waals surface area contributed by atoms with E-state index in [1.54, 1.807) is 0 Å². The zero-order valence-electron chi connectivity index (χ0n) is 3.39. The van der Waals surface area contributed by atoms with E-state index < -0.39 is 5.91 Å². The van der Waals surface area contributed by atoms with Gasteiger partial charge in [-0.05, 0) is 0 Å². The Labute approximate surface area is 57.2 Å². The molecule has 0 aromatic heterocycles. The minimum absolute atomic E-state index is 0. The van der Waals surface area contributed by atoms with Gasteiger partial charge in [-0.15, -0.1) is 0 Å². The molecule has 0 unspecified atom stereocenters. The van der Waals surface area contributed by atoms with Gasteiger partial charge in [-0.25, -0.2) is 0 Å². The van der Waals surface area contributed by atoms with Gasteiger partial charge in [0, 0.05) is 0 Å². The Hall–Kier alpha value is 0.140. The topological polar surface area (TPSA) is 57.9 Å². The van der Waals surface area contributed by atoms with Gasteiger partial charge in [-0.2, -0.15) is 0 Å². The fourth-order valence-corrected chi connectivity index (χ4v) is 0. The van der Waals surface area contributed by atoms with Gasteiger partial charge in [-0.1, -0.05) is 0 Å². The van der Waals surface area contributed by atoms with Gasteiger partial charge in [0.25, 0.3) is 0 Å². The van der Waals surface area contributed by atoms with Crippen LogP contribution in [0.3, 0.4) is 0 Å². The molecule has 28 valence electrons. The van der Waals surface area contributed by atoms with Crippen molar-refractivity contribution in [1.82, 2.24) is 0 Å². The molecule has 0 bridgehead atoms. The Morgan fingerprint density at radius 2 is 1.83 bits per heavy atom. The van der Waals surface area contributed by atoms with Crippen molar-refractivity contribution in [3.63, 3.8) is 0 Å². The Morgan fingerprint density at radius 3 is 1.83 bits per heavy atom. The first-order valence-corrected chi connectivity index (χ1v) is 0.979. The summed E-state index contributed by atoms with van der Waals surface area (Å²) < 4.78 is 0. The molecule has 0 atom stereocenters. The number of hydrogen-bond acceptors (Lipinski definition) is 2. The van der Waals surface area contributed by atoms with Crippen molar-refractivity contribution < 1.29 is 39.1 Å². The first-order valence-electron chi connectivity index (χ1n) is 0.979. The summed E-state index contributed by atoms with van der Waals surface area (Å²) in [5.74, 6) is -1.18. The summed E-state index contributed by atoms with van der Waals surface area (Å²) in [6.45, 7) is 0. The number of carbonyl (C=O) groups is 2. The van der Waals surface area contributed by atoms with Crippen molar-refractivity contribution in [2.75, 3.05) is 0 Å². The van der Waals surface area contributed by atoms with E-state index >= 15 is 0 Å². The van der Waals surface area contributed by atoms with E-state index in [4.69, 9.17) is 15.3 Å². The first-order chi connectivity index (χ1) is 2.27. The molecule has 0 aliphatic carbocycles. The van der Waals surface area contributed by atoms with Crippen LogP contribution in [0.4, 0.5) is 0 Å². The zero-order valence-corrected chi connectivity index (χ0v) is 5.39. The smallest absolute Gasteiger partial charge is 0.661 e. The third kappa shape index (κ3) is 8.91. The van der Waals surface area contributed by atoms with Crippen molar-refractivity contribution in [1.29, 1.82) is 0 Å². The third-order valence-corrected chi connectivity index (χ3v) is 0.107. The van der Waals surface area contributed by atoms with Crippen molar-refractivity contribution in [3.05, 3.63) is 5.73 Å². The molecule has 0 saturated heterocycles. The van der Waals surface area contributed by atoms with Gasteiger partial charge in [-0.3, -0.25) is 4.79 Å². The maximum Gasteiger partial charge on any atom is 1.00 e. The summed E-state index contributed by atoms with van der Waals surface area (Å²) >= 11 is 0. The largest absolute Gasteiger partial charge is 1.00 e. The Bertz CT molecular complexity index is 62.6. The summed E-state index contributed by atoms with van der Waals surface area (Å²) in [4.78, 5) is 18.1. The molecule has 0 heterocycles. The van der Waals surface area contributed by atoms with E-state index in [9.17, 15) is 0 Å². The Kier molecular flexibility index (Phi) is 8.11. The van der Waals surface area contributed by atoms with E-state index in [1.165, 1.54) is 0 Å². The molecule has 3 nitrogen and oxygen atoms in total. The van der Waals surface area contributed by atoms with Crippen LogP contribution in [-0.4, -0.2) is 12.2 Å². The summed E-state index contributed by atoms with van der Waals surface area (Å²) in [5.41, 5.74) is 5.82. The fourth-order valence-electron chi connectivity index (χ4n) is 0. The van der Waals surface area contributed by atoms with Crippen LogP contribution in [0.15, 0.2) is 0 Å². The Morgan fingerprint density at radius 1 is 1.67 bits per heavy atom.